The van der Waals surface area contributed by atoms with Gasteiger partial charge in [0.1, 0.15) is 5.76 Å². The molecule has 0 saturated carbocycles. The van der Waals surface area contributed by atoms with E-state index in [1.54, 1.807) is 43.7 Å². The Morgan fingerprint density at radius 2 is 2.03 bits per heavy atom. The Labute approximate surface area is 171 Å². The van der Waals surface area contributed by atoms with Crippen LogP contribution in [-0.4, -0.2) is 30.5 Å². The van der Waals surface area contributed by atoms with Gasteiger partial charge < -0.3 is 19.2 Å². The van der Waals surface area contributed by atoms with Crippen molar-refractivity contribution >= 4 is 34.0 Å². The third-order valence-corrected chi connectivity index (χ3v) is 4.77. The maximum absolute atomic E-state index is 12.3. The van der Waals surface area contributed by atoms with Crippen LogP contribution >= 0.6 is 11.3 Å². The first kappa shape index (κ1) is 20.4. The highest BCUT2D eigenvalue weighted by Crippen LogP contribution is 2.30. The van der Waals surface area contributed by atoms with Gasteiger partial charge in [-0.2, -0.15) is 0 Å². The van der Waals surface area contributed by atoms with Crippen LogP contribution in [0.2, 0.25) is 0 Å². The summed E-state index contributed by atoms with van der Waals surface area (Å²) in [4.78, 5) is 28.8. The number of carbonyl (C=O) groups excluding carboxylic acids is 2. The second-order valence-electron chi connectivity index (χ2n) is 6.01. The van der Waals surface area contributed by atoms with Gasteiger partial charge in [0, 0.05) is 17.1 Å². The summed E-state index contributed by atoms with van der Waals surface area (Å²) in [6.45, 7) is 4.11. The van der Waals surface area contributed by atoms with Crippen molar-refractivity contribution in [2.75, 3.05) is 24.4 Å². The standard InChI is InChI=1S/C20H21N3O5S/c1-4-27-16-6-5-13(9-17(16)26-3)21-18(24)10-14-11-29-20(22-14)23-19(25)15-7-8-28-12(15)2/h5-9,11H,4,10H2,1-3H3,(H,21,24)(H,22,23,25). The number of amides is 2. The van der Waals surface area contributed by atoms with Crippen LogP contribution in [0, 0.1) is 6.92 Å². The van der Waals surface area contributed by atoms with E-state index in [2.05, 4.69) is 15.6 Å². The Bertz CT molecular complexity index is 1010. The Morgan fingerprint density at radius 1 is 1.21 bits per heavy atom. The first-order chi connectivity index (χ1) is 14.0. The molecule has 2 heterocycles. The van der Waals surface area contributed by atoms with E-state index < -0.39 is 0 Å². The fraction of sp³-hybridized carbons (Fsp3) is 0.250. The molecule has 0 aliphatic heterocycles. The number of rotatable bonds is 8. The van der Waals surface area contributed by atoms with Gasteiger partial charge in [-0.25, -0.2) is 4.98 Å². The second-order valence-corrected chi connectivity index (χ2v) is 6.87. The minimum Gasteiger partial charge on any atom is -0.493 e. The maximum atomic E-state index is 12.3. The third-order valence-electron chi connectivity index (χ3n) is 3.96. The van der Waals surface area contributed by atoms with Crippen LogP contribution in [0.1, 0.15) is 28.7 Å². The number of benzene rings is 1. The number of carbonyl (C=O) groups is 2. The molecule has 0 aliphatic carbocycles. The molecule has 2 aromatic heterocycles. The number of nitrogens with one attached hydrogen (secondary N) is 2. The molecule has 0 unspecified atom stereocenters. The summed E-state index contributed by atoms with van der Waals surface area (Å²) in [5.74, 6) is 1.15. The summed E-state index contributed by atoms with van der Waals surface area (Å²) in [7, 11) is 1.54. The Hall–Kier alpha value is -3.33. The summed E-state index contributed by atoms with van der Waals surface area (Å²) in [5, 5.41) is 7.66. The van der Waals surface area contributed by atoms with Crippen LogP contribution in [-0.2, 0) is 11.2 Å². The molecule has 2 N–H and O–H groups in total. The minimum atomic E-state index is -0.303. The highest BCUT2D eigenvalue weighted by molar-refractivity contribution is 7.14. The first-order valence-electron chi connectivity index (χ1n) is 8.90. The van der Waals surface area contributed by atoms with Crippen molar-refractivity contribution in [3.05, 3.63) is 52.9 Å². The van der Waals surface area contributed by atoms with Gasteiger partial charge in [-0.1, -0.05) is 0 Å². The topological polar surface area (TPSA) is 103 Å². The van der Waals surface area contributed by atoms with Gasteiger partial charge in [0.15, 0.2) is 16.6 Å². The predicted molar refractivity (Wildman–Crippen MR) is 110 cm³/mol. The van der Waals surface area contributed by atoms with Crippen LogP contribution < -0.4 is 20.1 Å². The molecule has 0 radical (unpaired) electrons. The van der Waals surface area contributed by atoms with E-state index in [0.717, 1.165) is 0 Å². The molecule has 3 rings (SSSR count). The minimum absolute atomic E-state index is 0.0760. The number of furan rings is 1. The highest BCUT2D eigenvalue weighted by atomic mass is 32.1. The average molecular weight is 415 g/mol. The van der Waals surface area contributed by atoms with Crippen molar-refractivity contribution in [1.29, 1.82) is 0 Å². The van der Waals surface area contributed by atoms with Gasteiger partial charge in [0.2, 0.25) is 5.91 Å². The number of aryl methyl sites for hydroxylation is 1. The zero-order chi connectivity index (χ0) is 20.8. The van der Waals surface area contributed by atoms with Crippen LogP contribution in [0.5, 0.6) is 11.5 Å². The number of methoxy groups -OCH3 is 1. The van der Waals surface area contributed by atoms with E-state index in [-0.39, 0.29) is 18.2 Å². The molecule has 2 amide bonds. The van der Waals surface area contributed by atoms with Crippen molar-refractivity contribution < 1.29 is 23.5 Å². The largest absolute Gasteiger partial charge is 0.493 e. The normalized spacial score (nSPS) is 10.4. The summed E-state index contributed by atoms with van der Waals surface area (Å²) < 4.78 is 15.9. The van der Waals surface area contributed by atoms with Gasteiger partial charge >= 0.3 is 0 Å². The lowest BCUT2D eigenvalue weighted by Crippen LogP contribution is -2.15. The lowest BCUT2D eigenvalue weighted by atomic mass is 10.2. The molecule has 0 atom stereocenters. The van der Waals surface area contributed by atoms with Gasteiger partial charge in [0.05, 0.1) is 37.7 Å². The van der Waals surface area contributed by atoms with Gasteiger partial charge in [-0.3, -0.25) is 14.9 Å². The zero-order valence-electron chi connectivity index (χ0n) is 16.3. The smallest absolute Gasteiger partial charge is 0.260 e. The molecule has 0 aliphatic rings. The number of nitrogens with zero attached hydrogens (tertiary/aromatic N) is 1. The van der Waals surface area contributed by atoms with E-state index >= 15 is 0 Å². The third kappa shape index (κ3) is 5.14. The highest BCUT2D eigenvalue weighted by Gasteiger charge is 2.15. The zero-order valence-corrected chi connectivity index (χ0v) is 17.1. The molecule has 1 aromatic carbocycles. The average Bonchev–Trinajstić information content (AvgIpc) is 3.31. The summed E-state index contributed by atoms with van der Waals surface area (Å²) in [5.41, 5.74) is 1.60. The van der Waals surface area contributed by atoms with Crippen molar-refractivity contribution in [1.82, 2.24) is 4.98 Å². The number of anilines is 2. The van der Waals surface area contributed by atoms with Gasteiger partial charge in [-0.15, -0.1) is 11.3 Å². The van der Waals surface area contributed by atoms with Crippen molar-refractivity contribution in [2.45, 2.75) is 20.3 Å². The van der Waals surface area contributed by atoms with Crippen LogP contribution in [0.4, 0.5) is 10.8 Å². The van der Waals surface area contributed by atoms with E-state index in [9.17, 15) is 9.59 Å². The van der Waals surface area contributed by atoms with Gasteiger partial charge in [-0.05, 0) is 32.0 Å². The quantitative estimate of drug-likeness (QED) is 0.579. The SMILES string of the molecule is CCOc1ccc(NC(=O)Cc2csc(NC(=O)c3ccoc3C)n2)cc1OC. The molecule has 3 aromatic rings. The Morgan fingerprint density at radius 3 is 2.72 bits per heavy atom. The molecule has 9 heteroatoms. The Kier molecular flexibility index (Phi) is 6.50. The van der Waals surface area contributed by atoms with E-state index in [1.807, 2.05) is 6.92 Å². The predicted octanol–water partition coefficient (Wildman–Crippen LogP) is 3.89. The molecular weight excluding hydrogens is 394 g/mol. The van der Waals surface area contributed by atoms with E-state index in [1.165, 1.54) is 17.6 Å². The summed E-state index contributed by atoms with van der Waals surface area (Å²) in [6.07, 6.45) is 1.53. The lowest BCUT2D eigenvalue weighted by molar-refractivity contribution is -0.115. The molecule has 8 nitrogen and oxygen atoms in total. The van der Waals surface area contributed by atoms with Crippen LogP contribution in [0.3, 0.4) is 0 Å². The molecule has 0 fully saturated rings. The van der Waals surface area contributed by atoms with Crippen molar-refractivity contribution in [3.8, 4) is 11.5 Å². The van der Waals surface area contributed by atoms with Crippen molar-refractivity contribution in [3.63, 3.8) is 0 Å². The number of aromatic nitrogens is 1. The van der Waals surface area contributed by atoms with Crippen LogP contribution in [0.25, 0.3) is 0 Å². The second kappa shape index (κ2) is 9.24. The van der Waals surface area contributed by atoms with Gasteiger partial charge in [0.25, 0.3) is 5.91 Å². The molecular formula is C20H21N3O5S. The molecule has 152 valence electrons. The number of hydrogen-bond acceptors (Lipinski definition) is 7. The fourth-order valence-electron chi connectivity index (χ4n) is 2.62. The number of ether oxygens (including phenoxy) is 2. The van der Waals surface area contributed by atoms with E-state index in [4.69, 9.17) is 13.9 Å². The summed E-state index contributed by atoms with van der Waals surface area (Å²) >= 11 is 1.25. The monoisotopic (exact) mass is 415 g/mol. The maximum Gasteiger partial charge on any atom is 0.260 e. The Balaban J connectivity index is 1.59. The van der Waals surface area contributed by atoms with Crippen molar-refractivity contribution in [2.24, 2.45) is 0 Å². The van der Waals surface area contributed by atoms with E-state index in [0.29, 0.717) is 45.9 Å². The van der Waals surface area contributed by atoms with Crippen LogP contribution in [0.15, 0.2) is 40.3 Å². The lowest BCUT2D eigenvalue weighted by Gasteiger charge is -2.11. The number of thiazole rings is 1. The molecule has 0 bridgehead atoms. The number of hydrogen-bond donors (Lipinski definition) is 2. The fourth-order valence-corrected chi connectivity index (χ4v) is 3.33. The first-order valence-corrected chi connectivity index (χ1v) is 9.78. The molecule has 0 saturated heterocycles. The molecule has 29 heavy (non-hydrogen) atoms. The molecule has 0 spiro atoms. The summed E-state index contributed by atoms with van der Waals surface area (Å²) in [6, 6.07) is 6.78.